The van der Waals surface area contributed by atoms with E-state index in [9.17, 15) is 9.90 Å². The Hall–Kier alpha value is -1.36. The molecule has 0 spiro atoms. The second-order valence-corrected chi connectivity index (χ2v) is 4.66. The number of aromatic nitrogens is 2. The van der Waals surface area contributed by atoms with Crippen LogP contribution in [0.3, 0.4) is 0 Å². The summed E-state index contributed by atoms with van der Waals surface area (Å²) in [5.74, 6) is 1.48. The summed E-state index contributed by atoms with van der Waals surface area (Å²) in [4.78, 5) is 17.6. The minimum absolute atomic E-state index is 0.148. The number of hydrogen-bond acceptors (Lipinski definition) is 4. The predicted molar refractivity (Wildman–Crippen MR) is 65.9 cm³/mol. The van der Waals surface area contributed by atoms with E-state index in [0.29, 0.717) is 17.7 Å². The van der Waals surface area contributed by atoms with Gasteiger partial charge >= 0.3 is 0 Å². The van der Waals surface area contributed by atoms with Gasteiger partial charge in [-0.3, -0.25) is 4.79 Å². The van der Waals surface area contributed by atoms with Crippen molar-refractivity contribution >= 4 is 5.82 Å². The number of anilines is 1. The van der Waals surface area contributed by atoms with Gasteiger partial charge in [0.05, 0.1) is 6.33 Å². The third-order valence-electron chi connectivity index (χ3n) is 3.52. The molecule has 2 unspecified atom stereocenters. The first kappa shape index (κ1) is 12.1. The summed E-state index contributed by atoms with van der Waals surface area (Å²) >= 11 is 0. The van der Waals surface area contributed by atoms with Gasteiger partial charge in [0.2, 0.25) is 0 Å². The molecule has 0 aliphatic heterocycles. The summed E-state index contributed by atoms with van der Waals surface area (Å²) in [6.45, 7) is 1.04. The molecule has 1 aromatic heterocycles. The highest BCUT2D eigenvalue weighted by molar-refractivity contribution is 5.31. The number of hydrogen-bond donors (Lipinski definition) is 3. The molecule has 0 saturated heterocycles. The Kier molecular flexibility index (Phi) is 4.14. The molecule has 2 atom stereocenters. The Morgan fingerprint density at radius 3 is 2.88 bits per heavy atom. The van der Waals surface area contributed by atoms with Crippen LogP contribution in [0.2, 0.25) is 0 Å². The smallest absolute Gasteiger partial charge is 0.252 e. The predicted octanol–water partition coefficient (Wildman–Crippen LogP) is 0.980. The van der Waals surface area contributed by atoms with E-state index >= 15 is 0 Å². The summed E-state index contributed by atoms with van der Waals surface area (Å²) in [5, 5.41) is 12.5. The lowest BCUT2D eigenvalue weighted by molar-refractivity contribution is 0.141. The average molecular weight is 237 g/mol. The molecule has 0 aromatic carbocycles. The van der Waals surface area contributed by atoms with Crippen molar-refractivity contribution < 1.29 is 5.11 Å². The fourth-order valence-corrected chi connectivity index (χ4v) is 2.49. The SMILES string of the molecule is O=c1cc(NCC2CCCCC2CO)nc[nH]1. The molecule has 94 valence electrons. The van der Waals surface area contributed by atoms with E-state index in [2.05, 4.69) is 15.3 Å². The molecule has 0 amide bonds. The van der Waals surface area contributed by atoms with Crippen LogP contribution in [-0.4, -0.2) is 28.2 Å². The minimum Gasteiger partial charge on any atom is -0.396 e. The second-order valence-electron chi connectivity index (χ2n) is 4.66. The van der Waals surface area contributed by atoms with Crippen LogP contribution in [0.15, 0.2) is 17.2 Å². The van der Waals surface area contributed by atoms with Crippen LogP contribution >= 0.6 is 0 Å². The molecule has 17 heavy (non-hydrogen) atoms. The van der Waals surface area contributed by atoms with Crippen molar-refractivity contribution in [3.63, 3.8) is 0 Å². The van der Waals surface area contributed by atoms with Gasteiger partial charge in [0, 0.05) is 19.2 Å². The van der Waals surface area contributed by atoms with Crippen LogP contribution in [0, 0.1) is 11.8 Å². The van der Waals surface area contributed by atoms with E-state index in [1.807, 2.05) is 0 Å². The van der Waals surface area contributed by atoms with Crippen molar-refractivity contribution in [3.8, 4) is 0 Å². The zero-order chi connectivity index (χ0) is 12.1. The first-order valence-corrected chi connectivity index (χ1v) is 6.19. The van der Waals surface area contributed by atoms with Gasteiger partial charge in [0.1, 0.15) is 5.82 Å². The summed E-state index contributed by atoms with van der Waals surface area (Å²) in [6.07, 6.45) is 6.08. The van der Waals surface area contributed by atoms with Gasteiger partial charge in [0.15, 0.2) is 0 Å². The number of H-pyrrole nitrogens is 1. The lowest BCUT2D eigenvalue weighted by Gasteiger charge is -2.30. The molecular weight excluding hydrogens is 218 g/mol. The molecule has 5 heteroatoms. The molecule has 1 aliphatic carbocycles. The summed E-state index contributed by atoms with van der Waals surface area (Å²) in [5.41, 5.74) is -0.148. The number of rotatable bonds is 4. The number of nitrogens with zero attached hydrogens (tertiary/aromatic N) is 1. The molecule has 1 heterocycles. The van der Waals surface area contributed by atoms with Gasteiger partial charge in [-0.2, -0.15) is 0 Å². The minimum atomic E-state index is -0.148. The summed E-state index contributed by atoms with van der Waals surface area (Å²) < 4.78 is 0. The Labute approximate surface area is 100 Å². The van der Waals surface area contributed by atoms with Gasteiger partial charge in [0.25, 0.3) is 5.56 Å². The Bertz CT molecular complexity index is 405. The third kappa shape index (κ3) is 3.30. The monoisotopic (exact) mass is 237 g/mol. The molecule has 5 nitrogen and oxygen atoms in total. The van der Waals surface area contributed by atoms with Gasteiger partial charge < -0.3 is 15.4 Å². The molecule has 0 radical (unpaired) electrons. The molecule has 3 N–H and O–H groups in total. The maximum Gasteiger partial charge on any atom is 0.252 e. The van der Waals surface area contributed by atoms with Gasteiger partial charge in [-0.25, -0.2) is 4.98 Å². The molecule has 1 fully saturated rings. The van der Waals surface area contributed by atoms with Crippen LogP contribution in [0.1, 0.15) is 25.7 Å². The quantitative estimate of drug-likeness (QED) is 0.729. The highest BCUT2D eigenvalue weighted by Crippen LogP contribution is 2.29. The largest absolute Gasteiger partial charge is 0.396 e. The van der Waals surface area contributed by atoms with Crippen molar-refractivity contribution in [2.24, 2.45) is 11.8 Å². The van der Waals surface area contributed by atoms with E-state index in [-0.39, 0.29) is 12.2 Å². The molecule has 2 rings (SSSR count). The van der Waals surface area contributed by atoms with Crippen LogP contribution in [0.4, 0.5) is 5.82 Å². The zero-order valence-electron chi connectivity index (χ0n) is 9.85. The van der Waals surface area contributed by atoms with Crippen molar-refractivity contribution in [1.82, 2.24) is 9.97 Å². The zero-order valence-corrected chi connectivity index (χ0v) is 9.85. The topological polar surface area (TPSA) is 78.0 Å². The van der Waals surface area contributed by atoms with Crippen LogP contribution in [-0.2, 0) is 0 Å². The molecule has 1 aliphatic rings. The fraction of sp³-hybridized carbons (Fsp3) is 0.667. The fourth-order valence-electron chi connectivity index (χ4n) is 2.49. The Morgan fingerprint density at radius 1 is 1.41 bits per heavy atom. The molecule has 1 saturated carbocycles. The van der Waals surface area contributed by atoms with Crippen molar-refractivity contribution in [1.29, 1.82) is 0 Å². The second kappa shape index (κ2) is 5.82. The van der Waals surface area contributed by atoms with Crippen LogP contribution < -0.4 is 10.9 Å². The number of aliphatic hydroxyl groups excluding tert-OH is 1. The molecule has 1 aromatic rings. The Morgan fingerprint density at radius 2 is 2.18 bits per heavy atom. The van der Waals surface area contributed by atoms with E-state index in [1.165, 1.54) is 25.2 Å². The lowest BCUT2D eigenvalue weighted by Crippen LogP contribution is -2.29. The van der Waals surface area contributed by atoms with E-state index < -0.39 is 0 Å². The third-order valence-corrected chi connectivity index (χ3v) is 3.52. The number of nitrogens with one attached hydrogen (secondary N) is 2. The van der Waals surface area contributed by atoms with Gasteiger partial charge in [-0.1, -0.05) is 12.8 Å². The maximum absolute atomic E-state index is 11.1. The van der Waals surface area contributed by atoms with Crippen molar-refractivity contribution in [2.75, 3.05) is 18.5 Å². The lowest BCUT2D eigenvalue weighted by atomic mass is 9.79. The maximum atomic E-state index is 11.1. The number of aromatic amines is 1. The number of aliphatic hydroxyl groups is 1. The van der Waals surface area contributed by atoms with Gasteiger partial charge in [-0.05, 0) is 24.7 Å². The first-order chi connectivity index (χ1) is 8.29. The van der Waals surface area contributed by atoms with Crippen molar-refractivity contribution in [2.45, 2.75) is 25.7 Å². The highest BCUT2D eigenvalue weighted by atomic mass is 16.3. The first-order valence-electron chi connectivity index (χ1n) is 6.19. The van der Waals surface area contributed by atoms with Crippen LogP contribution in [0.5, 0.6) is 0 Å². The molecular formula is C12H19N3O2. The average Bonchev–Trinajstić information content (AvgIpc) is 2.37. The van der Waals surface area contributed by atoms with E-state index in [0.717, 1.165) is 19.4 Å². The standard InChI is InChI=1S/C12H19N3O2/c16-7-10-4-2-1-3-9(10)6-13-11-5-12(17)15-8-14-11/h5,8-10,16H,1-4,6-7H2,(H2,13,14,15,17). The van der Waals surface area contributed by atoms with E-state index in [4.69, 9.17) is 0 Å². The summed E-state index contributed by atoms with van der Waals surface area (Å²) in [7, 11) is 0. The Balaban J connectivity index is 1.90. The highest BCUT2D eigenvalue weighted by Gasteiger charge is 2.24. The van der Waals surface area contributed by atoms with Gasteiger partial charge in [-0.15, -0.1) is 0 Å². The van der Waals surface area contributed by atoms with Crippen LogP contribution in [0.25, 0.3) is 0 Å². The summed E-state index contributed by atoms with van der Waals surface area (Å²) in [6, 6.07) is 1.46. The van der Waals surface area contributed by atoms with E-state index in [1.54, 1.807) is 0 Å². The van der Waals surface area contributed by atoms with Crippen molar-refractivity contribution in [3.05, 3.63) is 22.7 Å². The normalized spacial score (nSPS) is 24.5. The molecule has 0 bridgehead atoms.